The van der Waals surface area contributed by atoms with E-state index in [2.05, 4.69) is 36.3 Å². The summed E-state index contributed by atoms with van der Waals surface area (Å²) < 4.78 is 33.9. The SMILES string of the molecule is COCCNC(=O)c1cccc([C@@]2(C)c3nnc(-c4c(F)cccc4F)cc3[C@H](C)CC2(C)C)n1. The quantitative estimate of drug-likeness (QED) is 0.501. The molecule has 0 fully saturated rings. The van der Waals surface area contributed by atoms with Crippen molar-refractivity contribution in [3.8, 4) is 11.3 Å². The third-order valence-electron chi connectivity index (χ3n) is 7.30. The van der Waals surface area contributed by atoms with E-state index in [-0.39, 0.29) is 28.5 Å². The summed E-state index contributed by atoms with van der Waals surface area (Å²) in [5.41, 5.74) is 1.54. The fraction of sp³-hybridized carbons (Fsp3) is 0.407. The van der Waals surface area contributed by atoms with Crippen molar-refractivity contribution in [3.63, 3.8) is 0 Å². The molecule has 1 aliphatic carbocycles. The van der Waals surface area contributed by atoms with E-state index in [0.29, 0.717) is 30.2 Å². The predicted molar refractivity (Wildman–Crippen MR) is 129 cm³/mol. The van der Waals surface area contributed by atoms with Crippen molar-refractivity contribution in [2.24, 2.45) is 5.41 Å². The van der Waals surface area contributed by atoms with Gasteiger partial charge in [-0.05, 0) is 60.6 Å². The lowest BCUT2D eigenvalue weighted by Gasteiger charge is -2.49. The zero-order valence-electron chi connectivity index (χ0n) is 20.7. The van der Waals surface area contributed by atoms with E-state index in [0.717, 1.165) is 12.0 Å². The van der Waals surface area contributed by atoms with Gasteiger partial charge in [-0.15, -0.1) is 5.10 Å². The van der Waals surface area contributed by atoms with E-state index in [9.17, 15) is 13.6 Å². The number of carbonyl (C=O) groups excluding carboxylic acids is 1. The number of methoxy groups -OCH3 is 1. The predicted octanol–water partition coefficient (Wildman–Crippen LogP) is 5.03. The second-order valence-electron chi connectivity index (χ2n) is 9.90. The van der Waals surface area contributed by atoms with Crippen molar-refractivity contribution in [2.45, 2.75) is 45.4 Å². The molecule has 2 aromatic heterocycles. The van der Waals surface area contributed by atoms with Crippen LogP contribution in [0.3, 0.4) is 0 Å². The van der Waals surface area contributed by atoms with Gasteiger partial charge in [0.15, 0.2) is 0 Å². The molecule has 1 aliphatic rings. The molecule has 0 bridgehead atoms. The number of fused-ring (bicyclic) bond motifs is 1. The normalized spacial score (nSPS) is 20.8. The molecule has 2 heterocycles. The third kappa shape index (κ3) is 4.31. The summed E-state index contributed by atoms with van der Waals surface area (Å²) >= 11 is 0. The van der Waals surface area contributed by atoms with Gasteiger partial charge in [-0.3, -0.25) is 4.79 Å². The molecule has 1 aromatic carbocycles. The van der Waals surface area contributed by atoms with E-state index < -0.39 is 17.0 Å². The average molecular weight is 481 g/mol. The van der Waals surface area contributed by atoms with Crippen molar-refractivity contribution in [1.29, 1.82) is 0 Å². The number of ether oxygens (including phenoxy) is 1. The first-order valence-electron chi connectivity index (χ1n) is 11.7. The highest BCUT2D eigenvalue weighted by molar-refractivity contribution is 5.92. The molecule has 0 unspecified atom stereocenters. The molecule has 0 saturated carbocycles. The third-order valence-corrected chi connectivity index (χ3v) is 7.30. The summed E-state index contributed by atoms with van der Waals surface area (Å²) in [6, 6.07) is 10.9. The van der Waals surface area contributed by atoms with Crippen LogP contribution in [0.15, 0.2) is 42.5 Å². The first-order chi connectivity index (χ1) is 16.6. The Morgan fingerprint density at radius 2 is 1.80 bits per heavy atom. The maximum atomic E-state index is 14.5. The summed E-state index contributed by atoms with van der Waals surface area (Å²) in [7, 11) is 1.57. The topological polar surface area (TPSA) is 77.0 Å². The van der Waals surface area contributed by atoms with Gasteiger partial charge in [0.2, 0.25) is 0 Å². The first kappa shape index (κ1) is 24.9. The zero-order chi connectivity index (χ0) is 25.4. The van der Waals surface area contributed by atoms with Crippen LogP contribution in [0, 0.1) is 17.0 Å². The van der Waals surface area contributed by atoms with Crippen LogP contribution in [0.2, 0.25) is 0 Å². The van der Waals surface area contributed by atoms with Gasteiger partial charge in [-0.1, -0.05) is 32.9 Å². The largest absolute Gasteiger partial charge is 0.383 e. The number of halogens is 2. The minimum Gasteiger partial charge on any atom is -0.383 e. The van der Waals surface area contributed by atoms with Crippen LogP contribution in [0.25, 0.3) is 11.3 Å². The van der Waals surface area contributed by atoms with E-state index in [1.807, 2.05) is 19.1 Å². The first-order valence-corrected chi connectivity index (χ1v) is 11.7. The number of aromatic nitrogens is 3. The summed E-state index contributed by atoms with van der Waals surface area (Å²) in [4.78, 5) is 17.4. The molecule has 184 valence electrons. The maximum absolute atomic E-state index is 14.5. The Bertz CT molecular complexity index is 1240. The Labute approximate surface area is 204 Å². The van der Waals surface area contributed by atoms with Gasteiger partial charge in [0, 0.05) is 13.7 Å². The van der Waals surface area contributed by atoms with Gasteiger partial charge < -0.3 is 10.1 Å². The van der Waals surface area contributed by atoms with Crippen LogP contribution in [-0.2, 0) is 10.2 Å². The van der Waals surface area contributed by atoms with E-state index in [1.165, 1.54) is 18.2 Å². The number of pyridine rings is 1. The number of carbonyl (C=O) groups is 1. The number of benzene rings is 1. The van der Waals surface area contributed by atoms with Crippen molar-refractivity contribution in [2.75, 3.05) is 20.3 Å². The summed E-state index contributed by atoms with van der Waals surface area (Å²) in [5, 5.41) is 11.6. The van der Waals surface area contributed by atoms with Crippen LogP contribution in [0.4, 0.5) is 8.78 Å². The fourth-order valence-corrected chi connectivity index (χ4v) is 5.10. The Balaban J connectivity index is 1.82. The van der Waals surface area contributed by atoms with Crippen LogP contribution in [0.5, 0.6) is 0 Å². The van der Waals surface area contributed by atoms with E-state index in [4.69, 9.17) is 9.72 Å². The second-order valence-corrected chi connectivity index (χ2v) is 9.90. The summed E-state index contributed by atoms with van der Waals surface area (Å²) in [5.74, 6) is -1.57. The number of hydrogen-bond acceptors (Lipinski definition) is 5. The van der Waals surface area contributed by atoms with Crippen LogP contribution in [-0.4, -0.2) is 41.3 Å². The minimum absolute atomic E-state index is 0.0812. The lowest BCUT2D eigenvalue weighted by atomic mass is 9.54. The van der Waals surface area contributed by atoms with Gasteiger partial charge in [-0.25, -0.2) is 13.8 Å². The molecule has 35 heavy (non-hydrogen) atoms. The second kappa shape index (κ2) is 9.41. The Hall–Kier alpha value is -3.26. The van der Waals surface area contributed by atoms with Gasteiger partial charge >= 0.3 is 0 Å². The number of rotatable bonds is 6. The molecule has 0 spiro atoms. The van der Waals surface area contributed by atoms with Crippen LogP contribution >= 0.6 is 0 Å². The summed E-state index contributed by atoms with van der Waals surface area (Å²) in [6.07, 6.45) is 0.785. The number of amides is 1. The molecule has 0 saturated heterocycles. The molecular formula is C27H30F2N4O2. The molecule has 4 rings (SSSR count). The molecule has 6 nitrogen and oxygen atoms in total. The highest BCUT2D eigenvalue weighted by Crippen LogP contribution is 2.56. The van der Waals surface area contributed by atoms with Crippen molar-refractivity contribution in [3.05, 3.63) is 76.7 Å². The zero-order valence-corrected chi connectivity index (χ0v) is 20.7. The Kier molecular flexibility index (Phi) is 6.68. The highest BCUT2D eigenvalue weighted by atomic mass is 19.1. The van der Waals surface area contributed by atoms with Gasteiger partial charge in [-0.2, -0.15) is 5.10 Å². The number of hydrogen-bond donors (Lipinski definition) is 1. The van der Waals surface area contributed by atoms with E-state index >= 15 is 0 Å². The highest BCUT2D eigenvalue weighted by Gasteiger charge is 2.52. The van der Waals surface area contributed by atoms with E-state index in [1.54, 1.807) is 19.2 Å². The number of nitrogens with one attached hydrogen (secondary N) is 1. The summed E-state index contributed by atoms with van der Waals surface area (Å²) in [6.45, 7) is 9.20. The average Bonchev–Trinajstić information content (AvgIpc) is 2.82. The standard InChI is InChI=1S/C27H30F2N4O2/c1-16-15-26(2,3)27(4,22-11-7-10-20(31-22)25(34)30-12-13-35-5)24-17(16)14-21(32-33-24)23-18(28)8-6-9-19(23)29/h6-11,14,16H,12-13,15H2,1-5H3,(H,30,34)/t16-,27+/m1/s1. The minimum atomic E-state index is -0.697. The molecule has 2 atom stereocenters. The monoisotopic (exact) mass is 480 g/mol. The lowest BCUT2D eigenvalue weighted by molar-refractivity contribution is 0.0930. The van der Waals surface area contributed by atoms with Crippen molar-refractivity contribution >= 4 is 5.91 Å². The maximum Gasteiger partial charge on any atom is 0.269 e. The smallest absolute Gasteiger partial charge is 0.269 e. The van der Waals surface area contributed by atoms with Gasteiger partial charge in [0.05, 0.1) is 34.7 Å². The van der Waals surface area contributed by atoms with Gasteiger partial charge in [0.25, 0.3) is 5.91 Å². The van der Waals surface area contributed by atoms with Gasteiger partial charge in [0.1, 0.15) is 17.3 Å². The molecular weight excluding hydrogens is 450 g/mol. The molecule has 1 N–H and O–H groups in total. The molecule has 1 amide bonds. The molecule has 8 heteroatoms. The molecule has 0 radical (unpaired) electrons. The Morgan fingerprint density at radius 1 is 1.11 bits per heavy atom. The Morgan fingerprint density at radius 3 is 2.49 bits per heavy atom. The molecule has 3 aromatic rings. The van der Waals surface area contributed by atoms with Crippen LogP contribution < -0.4 is 5.32 Å². The fourth-order valence-electron chi connectivity index (χ4n) is 5.10. The molecule has 0 aliphatic heterocycles. The number of nitrogens with zero attached hydrogens (tertiary/aromatic N) is 3. The van der Waals surface area contributed by atoms with Crippen LogP contribution in [0.1, 0.15) is 67.5 Å². The lowest BCUT2D eigenvalue weighted by Crippen LogP contribution is -2.47. The van der Waals surface area contributed by atoms with Crippen molar-refractivity contribution < 1.29 is 18.3 Å². The van der Waals surface area contributed by atoms with Crippen molar-refractivity contribution in [1.82, 2.24) is 20.5 Å².